The summed E-state index contributed by atoms with van der Waals surface area (Å²) < 4.78 is 16.8. The van der Waals surface area contributed by atoms with E-state index in [9.17, 15) is 9.59 Å². The van der Waals surface area contributed by atoms with E-state index in [0.29, 0.717) is 30.3 Å². The quantitative estimate of drug-likeness (QED) is 0.540. The normalized spacial score (nSPS) is 14.7. The van der Waals surface area contributed by atoms with Gasteiger partial charge in [0.15, 0.2) is 0 Å². The first-order chi connectivity index (χ1) is 14.5. The fraction of sp³-hybridized carbons (Fsp3) is 0.304. The van der Waals surface area contributed by atoms with E-state index in [-0.39, 0.29) is 6.10 Å². The lowest BCUT2D eigenvalue weighted by atomic mass is 10.1. The van der Waals surface area contributed by atoms with Crippen molar-refractivity contribution in [3.8, 4) is 17.2 Å². The molecule has 2 N–H and O–H groups in total. The summed E-state index contributed by atoms with van der Waals surface area (Å²) in [6.07, 6.45) is 3.92. The molecule has 30 heavy (non-hydrogen) atoms. The summed E-state index contributed by atoms with van der Waals surface area (Å²) in [5, 5.41) is 0. The number of fused-ring (bicyclic) bond motifs is 1. The Balaban J connectivity index is 1.60. The SMILES string of the molecule is CCOc1ccc(C(=O)NNC(=O)/C=C/c2cc3c(cc2OCC)C[C@@H](C)O3)cc1. The second kappa shape index (κ2) is 9.82. The smallest absolute Gasteiger partial charge is 0.269 e. The number of hydrazine groups is 1. The highest BCUT2D eigenvalue weighted by Gasteiger charge is 2.21. The fourth-order valence-electron chi connectivity index (χ4n) is 3.13. The highest BCUT2D eigenvalue weighted by atomic mass is 16.5. The topological polar surface area (TPSA) is 85.9 Å². The Kier molecular flexibility index (Phi) is 6.95. The van der Waals surface area contributed by atoms with Crippen LogP contribution in [0, 0.1) is 0 Å². The molecular formula is C23H26N2O5. The van der Waals surface area contributed by atoms with Crippen LogP contribution < -0.4 is 25.1 Å². The van der Waals surface area contributed by atoms with Gasteiger partial charge in [-0.3, -0.25) is 20.4 Å². The molecule has 2 amide bonds. The Morgan fingerprint density at radius 2 is 1.83 bits per heavy atom. The van der Waals surface area contributed by atoms with Crippen molar-refractivity contribution in [2.45, 2.75) is 33.3 Å². The summed E-state index contributed by atoms with van der Waals surface area (Å²) in [4.78, 5) is 24.3. The van der Waals surface area contributed by atoms with Gasteiger partial charge in [-0.05, 0) is 63.2 Å². The van der Waals surface area contributed by atoms with Crippen LogP contribution in [0.3, 0.4) is 0 Å². The van der Waals surface area contributed by atoms with Crippen LogP contribution in [0.25, 0.3) is 6.08 Å². The molecule has 1 aliphatic rings. The maximum atomic E-state index is 12.2. The monoisotopic (exact) mass is 410 g/mol. The molecule has 2 aromatic rings. The molecule has 0 saturated heterocycles. The number of ether oxygens (including phenoxy) is 3. The standard InChI is InChI=1S/C23H26N2O5/c1-4-28-19-9-6-16(7-10-19)23(27)25-24-22(26)11-8-17-13-21-18(12-15(3)30-21)14-20(17)29-5-2/h6-11,13-15H,4-5,12H2,1-3H3,(H,24,26)(H,25,27)/b11-8+/t15-/m1/s1. The lowest BCUT2D eigenvalue weighted by Crippen LogP contribution is -2.40. The number of carbonyl (C=O) groups is 2. The molecule has 2 aromatic carbocycles. The van der Waals surface area contributed by atoms with Gasteiger partial charge in [-0.2, -0.15) is 0 Å². The molecule has 7 heteroatoms. The highest BCUT2D eigenvalue weighted by Crippen LogP contribution is 2.35. The summed E-state index contributed by atoms with van der Waals surface area (Å²) in [5.41, 5.74) is 7.00. The highest BCUT2D eigenvalue weighted by molar-refractivity contribution is 5.98. The van der Waals surface area contributed by atoms with Gasteiger partial charge in [0.2, 0.25) is 0 Å². The maximum absolute atomic E-state index is 12.2. The first-order valence-electron chi connectivity index (χ1n) is 9.97. The summed E-state index contributed by atoms with van der Waals surface area (Å²) in [7, 11) is 0. The molecule has 0 unspecified atom stereocenters. The van der Waals surface area contributed by atoms with E-state index in [1.54, 1.807) is 30.3 Å². The van der Waals surface area contributed by atoms with Crippen molar-refractivity contribution in [1.82, 2.24) is 10.9 Å². The summed E-state index contributed by atoms with van der Waals surface area (Å²) in [5.74, 6) is 1.28. The fourth-order valence-corrected chi connectivity index (χ4v) is 3.13. The molecular weight excluding hydrogens is 384 g/mol. The molecule has 0 saturated carbocycles. The van der Waals surface area contributed by atoms with Gasteiger partial charge in [0.25, 0.3) is 11.8 Å². The third kappa shape index (κ3) is 5.31. The first-order valence-corrected chi connectivity index (χ1v) is 9.97. The zero-order chi connectivity index (χ0) is 21.5. The molecule has 1 aliphatic heterocycles. The number of hydrogen-bond acceptors (Lipinski definition) is 5. The lowest BCUT2D eigenvalue weighted by Gasteiger charge is -2.10. The van der Waals surface area contributed by atoms with E-state index in [1.165, 1.54) is 6.08 Å². The number of amides is 2. The van der Waals surface area contributed by atoms with E-state index < -0.39 is 11.8 Å². The number of hydrogen-bond donors (Lipinski definition) is 2. The van der Waals surface area contributed by atoms with Gasteiger partial charge >= 0.3 is 0 Å². The molecule has 1 atom stereocenters. The molecule has 7 nitrogen and oxygen atoms in total. The number of carbonyl (C=O) groups excluding carboxylic acids is 2. The van der Waals surface area contributed by atoms with Crippen molar-refractivity contribution in [3.63, 3.8) is 0 Å². The van der Waals surface area contributed by atoms with E-state index in [2.05, 4.69) is 10.9 Å². The van der Waals surface area contributed by atoms with Crippen LogP contribution >= 0.6 is 0 Å². The van der Waals surface area contributed by atoms with Crippen LogP contribution in [-0.4, -0.2) is 31.1 Å². The average Bonchev–Trinajstić information content (AvgIpc) is 3.10. The van der Waals surface area contributed by atoms with Crippen molar-refractivity contribution < 1.29 is 23.8 Å². The predicted octanol–water partition coefficient (Wildman–Crippen LogP) is 3.28. The van der Waals surface area contributed by atoms with Gasteiger partial charge in [-0.1, -0.05) is 0 Å². The third-order valence-corrected chi connectivity index (χ3v) is 4.47. The minimum absolute atomic E-state index is 0.120. The molecule has 0 spiro atoms. The number of nitrogens with one attached hydrogen (secondary N) is 2. The van der Waals surface area contributed by atoms with Crippen molar-refractivity contribution in [1.29, 1.82) is 0 Å². The zero-order valence-electron chi connectivity index (χ0n) is 17.4. The molecule has 0 radical (unpaired) electrons. The summed E-state index contributed by atoms with van der Waals surface area (Å²) in [6, 6.07) is 10.5. The van der Waals surface area contributed by atoms with E-state index in [1.807, 2.05) is 32.9 Å². The lowest BCUT2D eigenvalue weighted by molar-refractivity contribution is -0.117. The maximum Gasteiger partial charge on any atom is 0.269 e. The molecule has 0 fully saturated rings. The van der Waals surface area contributed by atoms with Gasteiger partial charge in [-0.25, -0.2) is 0 Å². The average molecular weight is 410 g/mol. The molecule has 0 bridgehead atoms. The van der Waals surface area contributed by atoms with Crippen LogP contribution in [0.2, 0.25) is 0 Å². The van der Waals surface area contributed by atoms with E-state index in [0.717, 1.165) is 23.3 Å². The van der Waals surface area contributed by atoms with Crippen LogP contribution in [0.15, 0.2) is 42.5 Å². The molecule has 1 heterocycles. The summed E-state index contributed by atoms with van der Waals surface area (Å²) >= 11 is 0. The molecule has 3 rings (SSSR count). The van der Waals surface area contributed by atoms with Gasteiger partial charge in [0.05, 0.1) is 13.2 Å². The van der Waals surface area contributed by atoms with Crippen molar-refractivity contribution in [3.05, 3.63) is 59.2 Å². The van der Waals surface area contributed by atoms with Crippen molar-refractivity contribution in [2.24, 2.45) is 0 Å². The molecule has 0 aliphatic carbocycles. The number of rotatable bonds is 7. The van der Waals surface area contributed by atoms with Gasteiger partial charge in [-0.15, -0.1) is 0 Å². The Morgan fingerprint density at radius 3 is 2.53 bits per heavy atom. The first kappa shape index (κ1) is 21.2. The van der Waals surface area contributed by atoms with E-state index >= 15 is 0 Å². The van der Waals surface area contributed by atoms with Crippen LogP contribution in [-0.2, 0) is 11.2 Å². The number of benzene rings is 2. The Labute approximate surface area is 176 Å². The largest absolute Gasteiger partial charge is 0.494 e. The van der Waals surface area contributed by atoms with Crippen LogP contribution in [0.1, 0.15) is 42.3 Å². The Morgan fingerprint density at radius 1 is 1.10 bits per heavy atom. The summed E-state index contributed by atoms with van der Waals surface area (Å²) in [6.45, 7) is 6.87. The predicted molar refractivity (Wildman–Crippen MR) is 114 cm³/mol. The molecule has 0 aromatic heterocycles. The van der Waals surface area contributed by atoms with Crippen LogP contribution in [0.4, 0.5) is 0 Å². The van der Waals surface area contributed by atoms with Gasteiger partial charge in [0.1, 0.15) is 23.4 Å². The van der Waals surface area contributed by atoms with Gasteiger partial charge in [0, 0.05) is 29.2 Å². The second-order valence-electron chi connectivity index (χ2n) is 6.80. The van der Waals surface area contributed by atoms with Crippen molar-refractivity contribution >= 4 is 17.9 Å². The molecule has 158 valence electrons. The zero-order valence-corrected chi connectivity index (χ0v) is 17.4. The Bertz CT molecular complexity index is 937. The van der Waals surface area contributed by atoms with Crippen LogP contribution in [0.5, 0.6) is 17.2 Å². The third-order valence-electron chi connectivity index (χ3n) is 4.47. The minimum atomic E-state index is -0.466. The van der Waals surface area contributed by atoms with E-state index in [4.69, 9.17) is 14.2 Å². The minimum Gasteiger partial charge on any atom is -0.494 e. The Hall–Kier alpha value is -3.48. The van der Waals surface area contributed by atoms with Gasteiger partial charge < -0.3 is 14.2 Å². The second-order valence-corrected chi connectivity index (χ2v) is 6.80. The van der Waals surface area contributed by atoms with Crippen molar-refractivity contribution in [2.75, 3.05) is 13.2 Å².